The molecule has 1 saturated heterocycles. The van der Waals surface area contributed by atoms with E-state index in [1.807, 2.05) is 36.2 Å². The summed E-state index contributed by atoms with van der Waals surface area (Å²) in [5.74, 6) is 2.28. The number of rotatable bonds is 6. The fourth-order valence-corrected chi connectivity index (χ4v) is 3.57. The first-order valence-corrected chi connectivity index (χ1v) is 9.19. The van der Waals surface area contributed by atoms with Crippen molar-refractivity contribution in [3.8, 4) is 5.75 Å². The predicted octanol–water partition coefficient (Wildman–Crippen LogP) is 1.35. The van der Waals surface area contributed by atoms with Crippen LogP contribution in [0.4, 0.5) is 5.69 Å². The summed E-state index contributed by atoms with van der Waals surface area (Å²) < 4.78 is 10.7. The first-order valence-electron chi connectivity index (χ1n) is 9.19. The molecule has 0 aliphatic carbocycles. The Labute approximate surface area is 155 Å². The number of nitrogens with zero attached hydrogens (tertiary/aromatic N) is 3. The normalized spacial score (nSPS) is 20.2. The highest BCUT2D eigenvalue weighted by Crippen LogP contribution is 2.31. The number of nitrogens with one attached hydrogen (secondary N) is 1. The topological polar surface area (TPSA) is 66.4 Å². The van der Waals surface area contributed by atoms with E-state index in [0.717, 1.165) is 56.5 Å². The second kappa shape index (κ2) is 8.89. The van der Waals surface area contributed by atoms with Gasteiger partial charge < -0.3 is 24.6 Å². The van der Waals surface area contributed by atoms with Gasteiger partial charge in [0.05, 0.1) is 12.3 Å². The molecule has 1 amide bonds. The fraction of sp³-hybridized carbons (Fsp3) is 0.579. The number of likely N-dealkylation sites (tertiary alicyclic amines) is 1. The van der Waals surface area contributed by atoms with Crippen LogP contribution in [0.15, 0.2) is 29.3 Å². The third-order valence-corrected chi connectivity index (χ3v) is 4.85. The number of anilines is 1. The van der Waals surface area contributed by atoms with Crippen molar-refractivity contribution in [2.75, 3.05) is 58.5 Å². The maximum absolute atomic E-state index is 12.2. The summed E-state index contributed by atoms with van der Waals surface area (Å²) in [4.78, 5) is 20.7. The molecule has 3 rings (SSSR count). The van der Waals surface area contributed by atoms with Crippen molar-refractivity contribution in [3.63, 3.8) is 0 Å². The van der Waals surface area contributed by atoms with Crippen molar-refractivity contribution in [1.29, 1.82) is 0 Å². The molecule has 0 radical (unpaired) electrons. The summed E-state index contributed by atoms with van der Waals surface area (Å²) in [6.45, 7) is 4.32. The Morgan fingerprint density at radius 2 is 2.27 bits per heavy atom. The molecule has 1 atom stereocenters. The summed E-state index contributed by atoms with van der Waals surface area (Å²) >= 11 is 0. The van der Waals surface area contributed by atoms with Crippen LogP contribution >= 0.6 is 0 Å². The molecule has 1 unspecified atom stereocenters. The van der Waals surface area contributed by atoms with E-state index in [9.17, 15) is 4.79 Å². The molecule has 2 heterocycles. The summed E-state index contributed by atoms with van der Waals surface area (Å²) in [5, 5.41) is 3.42. The zero-order valence-electron chi connectivity index (χ0n) is 15.6. The molecule has 0 spiro atoms. The smallest absolute Gasteiger partial charge is 0.265 e. The maximum atomic E-state index is 12.2. The molecular formula is C19H28N4O3. The van der Waals surface area contributed by atoms with Gasteiger partial charge in [-0.05, 0) is 25.0 Å². The van der Waals surface area contributed by atoms with Crippen LogP contribution in [0.3, 0.4) is 0 Å². The van der Waals surface area contributed by atoms with Gasteiger partial charge in [-0.3, -0.25) is 9.79 Å². The van der Waals surface area contributed by atoms with E-state index in [1.54, 1.807) is 7.11 Å². The Morgan fingerprint density at radius 3 is 3.08 bits per heavy atom. The number of fused-ring (bicyclic) bond motifs is 1. The minimum atomic E-state index is 0.00929. The van der Waals surface area contributed by atoms with Gasteiger partial charge in [-0.15, -0.1) is 0 Å². The quantitative estimate of drug-likeness (QED) is 0.471. The van der Waals surface area contributed by atoms with Crippen molar-refractivity contribution in [3.05, 3.63) is 24.3 Å². The molecule has 7 nitrogen and oxygen atoms in total. The molecule has 1 fully saturated rings. The van der Waals surface area contributed by atoms with Crippen molar-refractivity contribution in [2.24, 2.45) is 10.9 Å². The number of amides is 1. The van der Waals surface area contributed by atoms with Crippen molar-refractivity contribution in [1.82, 2.24) is 10.2 Å². The Hall–Kier alpha value is -2.28. The summed E-state index contributed by atoms with van der Waals surface area (Å²) in [7, 11) is 3.56. The number of hydrogen-bond acceptors (Lipinski definition) is 4. The molecule has 2 aliphatic heterocycles. The largest absolute Gasteiger partial charge is 0.482 e. The zero-order valence-corrected chi connectivity index (χ0v) is 15.6. The molecule has 1 aromatic carbocycles. The van der Waals surface area contributed by atoms with E-state index in [4.69, 9.17) is 9.47 Å². The first kappa shape index (κ1) is 18.5. The van der Waals surface area contributed by atoms with Crippen molar-refractivity contribution < 1.29 is 14.3 Å². The van der Waals surface area contributed by atoms with Crippen LogP contribution in [0.2, 0.25) is 0 Å². The molecule has 0 aromatic heterocycles. The Kier molecular flexibility index (Phi) is 6.33. The highest BCUT2D eigenvalue weighted by Gasteiger charge is 2.26. The SMILES string of the molecule is CN=C(NCCCN1C(=O)COc2ccccc21)N1CCC(COC)C1. The minimum absolute atomic E-state index is 0.00929. The number of hydrogen-bond donors (Lipinski definition) is 1. The van der Waals surface area contributed by atoms with Crippen LogP contribution in [-0.2, 0) is 9.53 Å². The Bertz CT molecular complexity index is 649. The molecule has 142 valence electrons. The van der Waals surface area contributed by atoms with Gasteiger partial charge >= 0.3 is 0 Å². The van der Waals surface area contributed by atoms with Crippen molar-refractivity contribution >= 4 is 17.6 Å². The second-order valence-electron chi connectivity index (χ2n) is 6.69. The third-order valence-electron chi connectivity index (χ3n) is 4.85. The number of ether oxygens (including phenoxy) is 2. The van der Waals surface area contributed by atoms with E-state index in [-0.39, 0.29) is 12.5 Å². The van der Waals surface area contributed by atoms with E-state index >= 15 is 0 Å². The van der Waals surface area contributed by atoms with E-state index < -0.39 is 0 Å². The second-order valence-corrected chi connectivity index (χ2v) is 6.69. The fourth-order valence-electron chi connectivity index (χ4n) is 3.57. The van der Waals surface area contributed by atoms with Crippen molar-refractivity contribution in [2.45, 2.75) is 12.8 Å². The lowest BCUT2D eigenvalue weighted by Gasteiger charge is -2.29. The maximum Gasteiger partial charge on any atom is 0.265 e. The number of para-hydroxylation sites is 2. The number of carbonyl (C=O) groups is 1. The number of methoxy groups -OCH3 is 1. The van der Waals surface area contributed by atoms with Crippen LogP contribution in [0.25, 0.3) is 0 Å². The number of aliphatic imine (C=N–C) groups is 1. The van der Waals surface area contributed by atoms with Gasteiger partial charge in [0.2, 0.25) is 0 Å². The monoisotopic (exact) mass is 360 g/mol. The molecular weight excluding hydrogens is 332 g/mol. The zero-order chi connectivity index (χ0) is 18.4. The minimum Gasteiger partial charge on any atom is -0.482 e. The summed E-state index contributed by atoms with van der Waals surface area (Å²) in [6.07, 6.45) is 1.97. The lowest BCUT2D eigenvalue weighted by Crippen LogP contribution is -2.43. The lowest BCUT2D eigenvalue weighted by atomic mass is 10.1. The van der Waals surface area contributed by atoms with Crippen LogP contribution in [-0.4, -0.2) is 70.3 Å². The summed E-state index contributed by atoms with van der Waals surface area (Å²) in [6, 6.07) is 7.68. The third kappa shape index (κ3) is 4.27. The van der Waals surface area contributed by atoms with Gasteiger partial charge in [0.1, 0.15) is 5.75 Å². The lowest BCUT2D eigenvalue weighted by molar-refractivity contribution is -0.121. The number of guanidine groups is 1. The highest BCUT2D eigenvalue weighted by molar-refractivity contribution is 5.97. The van der Waals surface area contributed by atoms with Gasteiger partial charge in [-0.25, -0.2) is 0 Å². The molecule has 0 saturated carbocycles. The molecule has 0 bridgehead atoms. The van der Waals surface area contributed by atoms with Crippen LogP contribution < -0.4 is 15.0 Å². The number of carbonyl (C=O) groups excluding carboxylic acids is 1. The van der Waals surface area contributed by atoms with Gasteiger partial charge in [0.15, 0.2) is 12.6 Å². The van der Waals surface area contributed by atoms with Crippen LogP contribution in [0, 0.1) is 5.92 Å². The predicted molar refractivity (Wildman–Crippen MR) is 102 cm³/mol. The van der Waals surface area contributed by atoms with E-state index in [1.165, 1.54) is 0 Å². The van der Waals surface area contributed by atoms with Gasteiger partial charge in [0.25, 0.3) is 5.91 Å². The molecule has 26 heavy (non-hydrogen) atoms. The standard InChI is InChI=1S/C19H28N4O3/c1-20-19(22-11-8-15(12-22)13-25-2)21-9-5-10-23-16-6-3-4-7-17(16)26-14-18(23)24/h3-4,6-7,15H,5,8-14H2,1-2H3,(H,20,21). The number of benzene rings is 1. The van der Waals surface area contributed by atoms with E-state index in [2.05, 4.69) is 15.2 Å². The Morgan fingerprint density at radius 1 is 1.42 bits per heavy atom. The van der Waals surface area contributed by atoms with Crippen LogP contribution in [0.1, 0.15) is 12.8 Å². The molecule has 2 aliphatic rings. The van der Waals surface area contributed by atoms with Gasteiger partial charge in [0, 0.05) is 46.3 Å². The first-order chi connectivity index (χ1) is 12.7. The highest BCUT2D eigenvalue weighted by atomic mass is 16.5. The van der Waals surface area contributed by atoms with Crippen LogP contribution in [0.5, 0.6) is 5.75 Å². The Balaban J connectivity index is 1.47. The van der Waals surface area contributed by atoms with E-state index in [0.29, 0.717) is 12.5 Å². The molecule has 1 aromatic rings. The summed E-state index contributed by atoms with van der Waals surface area (Å²) in [5.41, 5.74) is 0.857. The molecule has 1 N–H and O–H groups in total. The van der Waals surface area contributed by atoms with Gasteiger partial charge in [-0.2, -0.15) is 0 Å². The molecule has 7 heteroatoms. The average molecular weight is 360 g/mol. The average Bonchev–Trinajstić information content (AvgIpc) is 3.12. The van der Waals surface area contributed by atoms with Gasteiger partial charge in [-0.1, -0.05) is 12.1 Å².